The third-order valence-electron chi connectivity index (χ3n) is 9.00. The summed E-state index contributed by atoms with van der Waals surface area (Å²) in [5, 5.41) is 6.58. The molecule has 2 N–H and O–H groups in total. The van der Waals surface area contributed by atoms with Crippen molar-refractivity contribution >= 4 is 16.1 Å². The van der Waals surface area contributed by atoms with Gasteiger partial charge in [0.15, 0.2) is 0 Å². The first-order valence-electron chi connectivity index (χ1n) is 13.2. The van der Waals surface area contributed by atoms with Gasteiger partial charge in [-0.05, 0) is 79.4 Å². The van der Waals surface area contributed by atoms with Crippen molar-refractivity contribution in [2.24, 2.45) is 17.8 Å². The average Bonchev–Trinajstić information content (AvgIpc) is 2.92. The van der Waals surface area contributed by atoms with Gasteiger partial charge in [0.2, 0.25) is 10.0 Å². The van der Waals surface area contributed by atoms with Crippen LogP contribution in [0.25, 0.3) is 0 Å². The Morgan fingerprint density at radius 3 is 2.32 bits per heavy atom. The molecule has 34 heavy (non-hydrogen) atoms. The predicted molar refractivity (Wildman–Crippen MR) is 134 cm³/mol. The summed E-state index contributed by atoms with van der Waals surface area (Å²) < 4.78 is 27.9. The second-order valence-corrected chi connectivity index (χ2v) is 14.4. The molecule has 3 aliphatic carbocycles. The molecule has 1 aromatic carbocycles. The summed E-state index contributed by atoms with van der Waals surface area (Å²) in [6, 6.07) is 7.24. The monoisotopic (exact) mass is 487 g/mol. The first-order valence-corrected chi connectivity index (χ1v) is 14.7. The zero-order valence-corrected chi connectivity index (χ0v) is 21.8. The van der Waals surface area contributed by atoms with Crippen LogP contribution in [0.5, 0.6) is 0 Å². The lowest BCUT2D eigenvalue weighted by Crippen LogP contribution is -2.56. The Morgan fingerprint density at radius 1 is 0.971 bits per heavy atom. The average molecular weight is 488 g/mol. The van der Waals surface area contributed by atoms with Crippen LogP contribution >= 0.6 is 0 Å². The first-order chi connectivity index (χ1) is 16.0. The summed E-state index contributed by atoms with van der Waals surface area (Å²) in [4.78, 5) is 13.3. The Labute approximate surface area is 205 Å². The van der Waals surface area contributed by atoms with E-state index in [1.165, 1.54) is 25.7 Å². The molecule has 5 rings (SSSR count). The summed E-state index contributed by atoms with van der Waals surface area (Å²) in [6.07, 6.45) is 10.1. The maximum atomic E-state index is 13.1. The summed E-state index contributed by atoms with van der Waals surface area (Å²) in [5.74, 6) is 2.36. The second-order valence-electron chi connectivity index (χ2n) is 12.5. The van der Waals surface area contributed by atoms with E-state index in [1.807, 2.05) is 12.1 Å². The van der Waals surface area contributed by atoms with E-state index in [9.17, 15) is 13.2 Å². The van der Waals surface area contributed by atoms with Gasteiger partial charge in [0.05, 0.1) is 4.90 Å². The lowest BCUT2D eigenvalue weighted by atomic mass is 9.75. The smallest absolute Gasteiger partial charge is 0.315 e. The Kier molecular flexibility index (Phi) is 6.25. The number of nitrogens with zero attached hydrogens (tertiary/aromatic N) is 1. The molecule has 0 aromatic heterocycles. The van der Waals surface area contributed by atoms with Crippen molar-refractivity contribution < 1.29 is 13.2 Å². The van der Waals surface area contributed by atoms with Gasteiger partial charge in [-0.25, -0.2) is 13.2 Å². The fourth-order valence-corrected chi connectivity index (χ4v) is 8.75. The van der Waals surface area contributed by atoms with Crippen LogP contribution in [-0.4, -0.2) is 43.4 Å². The van der Waals surface area contributed by atoms with Gasteiger partial charge in [0.25, 0.3) is 0 Å². The number of sulfonamides is 1. The topological polar surface area (TPSA) is 78.5 Å². The van der Waals surface area contributed by atoms with E-state index in [4.69, 9.17) is 0 Å². The molecule has 1 aliphatic heterocycles. The normalized spacial score (nSPS) is 32.4. The molecule has 1 aromatic rings. The van der Waals surface area contributed by atoms with E-state index in [1.54, 1.807) is 16.4 Å². The van der Waals surface area contributed by atoms with E-state index in [0.717, 1.165) is 42.6 Å². The van der Waals surface area contributed by atoms with Gasteiger partial charge in [-0.15, -0.1) is 0 Å². The van der Waals surface area contributed by atoms with Gasteiger partial charge in [0, 0.05) is 24.7 Å². The molecule has 4 atom stereocenters. The predicted octanol–water partition coefficient (Wildman–Crippen LogP) is 4.80. The number of carbonyl (C=O) groups is 1. The number of carbonyl (C=O) groups excluding carboxylic acids is 1. The summed E-state index contributed by atoms with van der Waals surface area (Å²) in [5.41, 5.74) is 1.10. The fourth-order valence-electron chi connectivity index (χ4n) is 7.29. The molecule has 0 spiro atoms. The molecule has 4 unspecified atom stereocenters. The number of rotatable bonds is 4. The summed E-state index contributed by atoms with van der Waals surface area (Å²) in [6.45, 7) is 7.23. The van der Waals surface area contributed by atoms with E-state index < -0.39 is 10.0 Å². The number of urea groups is 1. The number of piperidine rings is 1. The van der Waals surface area contributed by atoms with E-state index >= 15 is 0 Å². The summed E-state index contributed by atoms with van der Waals surface area (Å²) >= 11 is 0. The minimum atomic E-state index is -3.51. The molecule has 6 nitrogen and oxygen atoms in total. The lowest BCUT2D eigenvalue weighted by Gasteiger charge is -2.39. The molecule has 0 radical (unpaired) electrons. The minimum absolute atomic E-state index is 0.00792. The van der Waals surface area contributed by atoms with Crippen molar-refractivity contribution in [1.29, 1.82) is 0 Å². The number of hydrogen-bond donors (Lipinski definition) is 2. The molecule has 7 heteroatoms. The number of amides is 2. The number of hydrogen-bond acceptors (Lipinski definition) is 3. The van der Waals surface area contributed by atoms with Crippen molar-refractivity contribution in [3.63, 3.8) is 0 Å². The number of fused-ring (bicyclic) bond motifs is 2. The molecule has 3 saturated carbocycles. The van der Waals surface area contributed by atoms with Crippen LogP contribution in [0.1, 0.15) is 84.1 Å². The highest BCUT2D eigenvalue weighted by atomic mass is 32.2. The quantitative estimate of drug-likeness (QED) is 0.641. The van der Waals surface area contributed by atoms with Crippen LogP contribution in [0, 0.1) is 17.8 Å². The maximum absolute atomic E-state index is 13.1. The zero-order valence-electron chi connectivity index (χ0n) is 21.0. The van der Waals surface area contributed by atoms with E-state index in [-0.39, 0.29) is 23.0 Å². The van der Waals surface area contributed by atoms with Crippen LogP contribution in [0.3, 0.4) is 0 Å². The molecule has 1 heterocycles. The molecule has 4 aliphatic rings. The van der Waals surface area contributed by atoms with Crippen LogP contribution in [0.4, 0.5) is 4.79 Å². The van der Waals surface area contributed by atoms with Crippen molar-refractivity contribution in [1.82, 2.24) is 14.9 Å². The first kappa shape index (κ1) is 24.1. The van der Waals surface area contributed by atoms with Gasteiger partial charge in [-0.3, -0.25) is 0 Å². The number of nitrogens with one attached hydrogen (secondary N) is 2. The molecule has 1 saturated heterocycles. The van der Waals surface area contributed by atoms with Crippen LogP contribution in [-0.2, 0) is 15.4 Å². The van der Waals surface area contributed by atoms with Gasteiger partial charge in [-0.1, -0.05) is 52.2 Å². The lowest BCUT2D eigenvalue weighted by molar-refractivity contribution is 0.173. The fraction of sp³-hybridized carbons (Fsp3) is 0.741. The molecule has 188 valence electrons. The molecular weight excluding hydrogens is 446 g/mol. The van der Waals surface area contributed by atoms with Crippen molar-refractivity contribution in [3.05, 3.63) is 29.8 Å². The third-order valence-corrected chi connectivity index (χ3v) is 10.9. The Morgan fingerprint density at radius 2 is 1.65 bits per heavy atom. The third kappa shape index (κ3) is 4.75. The van der Waals surface area contributed by atoms with Crippen molar-refractivity contribution in [2.75, 3.05) is 13.1 Å². The van der Waals surface area contributed by atoms with Gasteiger partial charge in [-0.2, -0.15) is 4.31 Å². The van der Waals surface area contributed by atoms with Crippen LogP contribution < -0.4 is 10.6 Å². The zero-order chi connectivity index (χ0) is 24.1. The number of benzene rings is 1. The van der Waals surface area contributed by atoms with Crippen LogP contribution in [0.2, 0.25) is 0 Å². The Bertz CT molecular complexity index is 1000. The highest BCUT2D eigenvalue weighted by Crippen LogP contribution is 2.55. The van der Waals surface area contributed by atoms with Gasteiger partial charge >= 0.3 is 6.03 Å². The highest BCUT2D eigenvalue weighted by Gasteiger charge is 2.52. The Balaban J connectivity index is 1.15. The summed E-state index contributed by atoms with van der Waals surface area (Å²) in [7, 11) is -3.51. The molecule has 4 fully saturated rings. The van der Waals surface area contributed by atoms with Crippen molar-refractivity contribution in [3.8, 4) is 0 Å². The van der Waals surface area contributed by atoms with Crippen molar-refractivity contribution in [2.45, 2.75) is 100 Å². The Hall–Kier alpha value is -1.60. The molecule has 2 amide bonds. The van der Waals surface area contributed by atoms with Gasteiger partial charge in [0.1, 0.15) is 0 Å². The van der Waals surface area contributed by atoms with Crippen LogP contribution in [0.15, 0.2) is 29.2 Å². The standard InChI is InChI=1S/C27H41N3O3S/c1-26(2,3)22-7-9-24(10-8-22)34(32,33)30-13-11-23(12-14-30)28-25(31)29-27-16-19-5-4-6-20(17-27)21(15-19)18-27/h7-10,19-21,23H,4-6,11-18H2,1-3H3,(H2,28,29,31). The van der Waals surface area contributed by atoms with E-state index in [0.29, 0.717) is 30.8 Å². The minimum Gasteiger partial charge on any atom is -0.335 e. The van der Waals surface area contributed by atoms with E-state index in [2.05, 4.69) is 31.4 Å². The molecular formula is C27H41N3O3S. The molecule has 3 bridgehead atoms. The maximum Gasteiger partial charge on any atom is 0.315 e. The van der Waals surface area contributed by atoms with Gasteiger partial charge < -0.3 is 10.6 Å². The second kappa shape index (κ2) is 8.81. The highest BCUT2D eigenvalue weighted by molar-refractivity contribution is 7.89. The largest absolute Gasteiger partial charge is 0.335 e. The SMILES string of the molecule is CC(C)(C)c1ccc(S(=O)(=O)N2CCC(NC(=O)NC34CC5CCCC(C3)C(C5)C4)CC2)cc1.